The molecule has 0 aliphatic rings. The first-order valence-electron chi connectivity index (χ1n) is 7.92. The molecule has 0 atom stereocenters. The van der Waals surface area contributed by atoms with Crippen molar-refractivity contribution >= 4 is 12.1 Å². The van der Waals surface area contributed by atoms with E-state index in [1.165, 1.54) is 25.3 Å². The molecule has 1 amide bonds. The molecule has 6 heteroatoms. The SMILES string of the molecule is COC(=O)c1cccc(C#CCCNC(=O)OCc2ccccc2)c1F. The Morgan fingerprint density at radius 3 is 2.62 bits per heavy atom. The van der Waals surface area contributed by atoms with Gasteiger partial charge in [-0.2, -0.15) is 0 Å². The van der Waals surface area contributed by atoms with E-state index in [-0.39, 0.29) is 24.3 Å². The Balaban J connectivity index is 1.78. The number of hydrogen-bond acceptors (Lipinski definition) is 4. The van der Waals surface area contributed by atoms with Gasteiger partial charge in [-0.1, -0.05) is 48.2 Å². The normalized spacial score (nSPS) is 9.62. The molecule has 2 aromatic carbocycles. The molecule has 0 aliphatic carbocycles. The lowest BCUT2D eigenvalue weighted by atomic mass is 10.1. The van der Waals surface area contributed by atoms with Gasteiger partial charge in [-0.3, -0.25) is 0 Å². The van der Waals surface area contributed by atoms with Gasteiger partial charge < -0.3 is 14.8 Å². The molecule has 0 heterocycles. The predicted octanol–water partition coefficient (Wildman–Crippen LogP) is 3.28. The molecule has 0 saturated heterocycles. The Hall–Kier alpha value is -3.33. The summed E-state index contributed by atoms with van der Waals surface area (Å²) in [5.74, 6) is 3.91. The molecule has 0 spiro atoms. The lowest BCUT2D eigenvalue weighted by Gasteiger charge is -2.05. The van der Waals surface area contributed by atoms with E-state index in [9.17, 15) is 14.0 Å². The van der Waals surface area contributed by atoms with Gasteiger partial charge in [-0.15, -0.1) is 0 Å². The van der Waals surface area contributed by atoms with Crippen LogP contribution in [0.1, 0.15) is 27.9 Å². The number of carbonyl (C=O) groups is 2. The number of halogens is 1. The first-order chi connectivity index (χ1) is 12.6. The summed E-state index contributed by atoms with van der Waals surface area (Å²) in [6, 6.07) is 13.6. The molecule has 0 unspecified atom stereocenters. The summed E-state index contributed by atoms with van der Waals surface area (Å²) in [6.07, 6.45) is -0.239. The molecule has 134 valence electrons. The van der Waals surface area contributed by atoms with Gasteiger partial charge in [0.15, 0.2) is 5.82 Å². The molecule has 0 saturated carbocycles. The maximum absolute atomic E-state index is 14.1. The van der Waals surface area contributed by atoms with Crippen LogP contribution in [0.4, 0.5) is 9.18 Å². The van der Waals surface area contributed by atoms with Crippen LogP contribution < -0.4 is 5.32 Å². The third-order valence-electron chi connectivity index (χ3n) is 3.36. The Morgan fingerprint density at radius 1 is 1.12 bits per heavy atom. The molecular formula is C20H18FNO4. The Bertz CT molecular complexity index is 825. The zero-order valence-corrected chi connectivity index (χ0v) is 14.3. The highest BCUT2D eigenvalue weighted by Crippen LogP contribution is 2.13. The van der Waals surface area contributed by atoms with Crippen LogP contribution in [-0.4, -0.2) is 25.7 Å². The highest BCUT2D eigenvalue weighted by molar-refractivity contribution is 5.90. The van der Waals surface area contributed by atoms with E-state index in [4.69, 9.17) is 4.74 Å². The quantitative estimate of drug-likeness (QED) is 0.508. The number of ether oxygens (including phenoxy) is 2. The number of hydrogen-bond donors (Lipinski definition) is 1. The van der Waals surface area contributed by atoms with Crippen LogP contribution >= 0.6 is 0 Å². The van der Waals surface area contributed by atoms with Crippen molar-refractivity contribution in [3.05, 3.63) is 71.0 Å². The summed E-state index contributed by atoms with van der Waals surface area (Å²) < 4.78 is 23.7. The van der Waals surface area contributed by atoms with Crippen molar-refractivity contribution in [2.24, 2.45) is 0 Å². The van der Waals surface area contributed by atoms with Crippen LogP contribution in [0, 0.1) is 17.7 Å². The minimum Gasteiger partial charge on any atom is -0.465 e. The van der Waals surface area contributed by atoms with E-state index >= 15 is 0 Å². The lowest BCUT2D eigenvalue weighted by molar-refractivity contribution is 0.0595. The van der Waals surface area contributed by atoms with Crippen LogP contribution in [0.25, 0.3) is 0 Å². The summed E-state index contributed by atoms with van der Waals surface area (Å²) in [5, 5.41) is 2.56. The number of rotatable bonds is 5. The van der Waals surface area contributed by atoms with Crippen LogP contribution in [-0.2, 0) is 16.1 Å². The van der Waals surface area contributed by atoms with Gasteiger partial charge >= 0.3 is 12.1 Å². The second-order valence-electron chi connectivity index (χ2n) is 5.20. The van der Waals surface area contributed by atoms with E-state index in [1.54, 1.807) is 0 Å². The fourth-order valence-corrected chi connectivity index (χ4v) is 2.06. The van der Waals surface area contributed by atoms with Gasteiger partial charge in [0.25, 0.3) is 0 Å². The number of esters is 1. The van der Waals surface area contributed by atoms with Gasteiger partial charge in [0.05, 0.1) is 18.2 Å². The second-order valence-corrected chi connectivity index (χ2v) is 5.20. The van der Waals surface area contributed by atoms with Gasteiger partial charge in [0.1, 0.15) is 6.61 Å². The highest BCUT2D eigenvalue weighted by Gasteiger charge is 2.13. The minimum absolute atomic E-state index is 0.0968. The van der Waals surface area contributed by atoms with Crippen molar-refractivity contribution in [1.29, 1.82) is 0 Å². The fraction of sp³-hybridized carbons (Fsp3) is 0.200. The number of benzene rings is 2. The standard InChI is InChI=1S/C20H18FNO4/c1-25-19(23)17-12-7-11-16(18(17)21)10-5-6-13-22-20(24)26-14-15-8-3-2-4-9-15/h2-4,7-9,11-12H,6,13-14H2,1H3,(H,22,24). The van der Waals surface area contributed by atoms with Crippen molar-refractivity contribution in [2.45, 2.75) is 13.0 Å². The Labute approximate surface area is 151 Å². The minimum atomic E-state index is -0.756. The number of amides is 1. The zero-order chi connectivity index (χ0) is 18.8. The van der Waals surface area contributed by atoms with Gasteiger partial charge in [-0.25, -0.2) is 14.0 Å². The highest BCUT2D eigenvalue weighted by atomic mass is 19.1. The monoisotopic (exact) mass is 355 g/mol. The van der Waals surface area contributed by atoms with Crippen LogP contribution in [0.5, 0.6) is 0 Å². The first kappa shape index (κ1) is 19.0. The predicted molar refractivity (Wildman–Crippen MR) is 93.9 cm³/mol. The van der Waals surface area contributed by atoms with Crippen molar-refractivity contribution in [1.82, 2.24) is 5.32 Å². The molecular weight excluding hydrogens is 337 g/mol. The summed E-state index contributed by atoms with van der Waals surface area (Å²) in [7, 11) is 1.18. The number of alkyl carbamates (subject to hydrolysis) is 1. The number of carbonyl (C=O) groups excluding carboxylic acids is 2. The molecule has 0 aromatic heterocycles. The second kappa shape index (κ2) is 9.84. The van der Waals surface area contributed by atoms with Gasteiger partial charge in [-0.05, 0) is 17.7 Å². The molecule has 0 aliphatic heterocycles. The Kier molecular flexibility index (Phi) is 7.19. The van der Waals surface area contributed by atoms with Crippen molar-refractivity contribution in [3.63, 3.8) is 0 Å². The van der Waals surface area contributed by atoms with Crippen LogP contribution in [0.15, 0.2) is 48.5 Å². The molecule has 2 aromatic rings. The molecule has 0 fully saturated rings. The van der Waals surface area contributed by atoms with Gasteiger partial charge in [0, 0.05) is 13.0 Å². The average molecular weight is 355 g/mol. The van der Waals surface area contributed by atoms with E-state index in [0.717, 1.165) is 5.56 Å². The maximum atomic E-state index is 14.1. The van der Waals surface area contributed by atoms with Crippen LogP contribution in [0.3, 0.4) is 0 Å². The van der Waals surface area contributed by atoms with Gasteiger partial charge in [0.2, 0.25) is 0 Å². The molecule has 2 rings (SSSR count). The Morgan fingerprint density at radius 2 is 1.88 bits per heavy atom. The largest absolute Gasteiger partial charge is 0.465 e. The third kappa shape index (κ3) is 5.64. The average Bonchev–Trinajstić information content (AvgIpc) is 2.67. The summed E-state index contributed by atoms with van der Waals surface area (Å²) in [5.41, 5.74) is 0.824. The van der Waals surface area contributed by atoms with Crippen molar-refractivity contribution in [2.75, 3.05) is 13.7 Å². The summed E-state index contributed by atoms with van der Waals surface area (Å²) in [4.78, 5) is 23.0. The van der Waals surface area contributed by atoms with Crippen molar-refractivity contribution < 1.29 is 23.5 Å². The third-order valence-corrected chi connectivity index (χ3v) is 3.36. The molecule has 1 N–H and O–H groups in total. The first-order valence-corrected chi connectivity index (χ1v) is 7.92. The molecule has 5 nitrogen and oxygen atoms in total. The van der Waals surface area contributed by atoms with E-state index in [0.29, 0.717) is 6.42 Å². The van der Waals surface area contributed by atoms with E-state index < -0.39 is 17.9 Å². The lowest BCUT2D eigenvalue weighted by Crippen LogP contribution is -2.24. The van der Waals surface area contributed by atoms with E-state index in [1.807, 2.05) is 30.3 Å². The van der Waals surface area contributed by atoms with Crippen LogP contribution in [0.2, 0.25) is 0 Å². The zero-order valence-electron chi connectivity index (χ0n) is 14.3. The number of methoxy groups -OCH3 is 1. The number of nitrogens with one attached hydrogen (secondary N) is 1. The molecule has 0 radical (unpaired) electrons. The maximum Gasteiger partial charge on any atom is 0.407 e. The topological polar surface area (TPSA) is 64.6 Å². The smallest absolute Gasteiger partial charge is 0.407 e. The van der Waals surface area contributed by atoms with E-state index in [2.05, 4.69) is 21.9 Å². The fourth-order valence-electron chi connectivity index (χ4n) is 2.06. The summed E-state index contributed by atoms with van der Waals surface area (Å²) >= 11 is 0. The van der Waals surface area contributed by atoms with Crippen molar-refractivity contribution in [3.8, 4) is 11.8 Å². The summed E-state index contributed by atoms with van der Waals surface area (Å²) in [6.45, 7) is 0.447. The molecule has 0 bridgehead atoms. The molecule has 26 heavy (non-hydrogen) atoms.